The number of halogens is 2. The minimum atomic E-state index is -0.694. The van der Waals surface area contributed by atoms with Crippen molar-refractivity contribution >= 4 is 17.2 Å². The van der Waals surface area contributed by atoms with Gasteiger partial charge in [-0.05, 0) is 66.9 Å². The van der Waals surface area contributed by atoms with Gasteiger partial charge >= 0.3 is 0 Å². The maximum Gasteiger partial charge on any atom is 0.250 e. The second-order valence-electron chi connectivity index (χ2n) is 8.08. The molecule has 3 heterocycles. The van der Waals surface area contributed by atoms with E-state index in [1.165, 1.54) is 12.1 Å². The summed E-state index contributed by atoms with van der Waals surface area (Å²) < 4.78 is 35.1. The zero-order valence-corrected chi connectivity index (χ0v) is 19.1. The number of thiophene rings is 1. The van der Waals surface area contributed by atoms with Gasteiger partial charge in [-0.2, -0.15) is 9.49 Å². The van der Waals surface area contributed by atoms with Crippen molar-refractivity contribution in [2.24, 2.45) is 0 Å². The number of carbonyl (C=O) groups excluding carboxylic acids is 1. The Morgan fingerprint density at radius 1 is 1.15 bits per heavy atom. The van der Waals surface area contributed by atoms with Crippen LogP contribution in [-0.4, -0.2) is 38.8 Å². The molecular weight excluding hydrogens is 460 g/mol. The van der Waals surface area contributed by atoms with E-state index >= 15 is 0 Å². The lowest BCUT2D eigenvalue weighted by atomic mass is 10.1. The number of aromatic hydroxyl groups is 1. The Balaban J connectivity index is 1.51. The third-order valence-electron chi connectivity index (χ3n) is 5.77. The van der Waals surface area contributed by atoms with Crippen LogP contribution in [0.25, 0.3) is 16.3 Å². The number of hydrogen-bond acceptors (Lipinski definition) is 5. The van der Waals surface area contributed by atoms with E-state index in [-0.39, 0.29) is 29.2 Å². The molecule has 4 aromatic rings. The molecular formula is C25H21F2N3O3S. The molecule has 1 aliphatic rings. The molecule has 0 spiro atoms. The first-order valence-electron chi connectivity index (χ1n) is 10.7. The molecule has 0 saturated carbocycles. The number of hydrogen-bond donors (Lipinski definition) is 1. The highest BCUT2D eigenvalue weighted by Crippen LogP contribution is 2.37. The number of ether oxygens (including phenoxy) is 1. The first-order chi connectivity index (χ1) is 16.4. The topological polar surface area (TPSA) is 67.6 Å². The number of benzene rings is 2. The number of phenolic OH excluding ortho intramolecular Hbond substituents is 1. The fraction of sp³-hybridized carbons (Fsp3) is 0.200. The summed E-state index contributed by atoms with van der Waals surface area (Å²) in [6.07, 6.45) is 1.62. The molecule has 2 aromatic heterocycles. The van der Waals surface area contributed by atoms with Crippen molar-refractivity contribution in [2.45, 2.75) is 19.6 Å². The summed E-state index contributed by atoms with van der Waals surface area (Å²) in [5.41, 5.74) is 3.21. The molecule has 9 heteroatoms. The van der Waals surface area contributed by atoms with Gasteiger partial charge in [0.2, 0.25) is 0 Å². The van der Waals surface area contributed by atoms with Crippen molar-refractivity contribution in [3.05, 3.63) is 88.4 Å². The number of nitrogens with zero attached hydrogens (tertiary/aromatic N) is 3. The van der Waals surface area contributed by atoms with Gasteiger partial charge in [-0.3, -0.25) is 4.79 Å². The van der Waals surface area contributed by atoms with Crippen LogP contribution in [0.4, 0.5) is 8.78 Å². The van der Waals surface area contributed by atoms with E-state index in [4.69, 9.17) is 4.74 Å². The molecule has 0 radical (unpaired) electrons. The lowest BCUT2D eigenvalue weighted by Gasteiger charge is -2.23. The maximum absolute atomic E-state index is 13.9. The molecule has 0 bridgehead atoms. The van der Waals surface area contributed by atoms with Crippen LogP contribution >= 0.6 is 11.3 Å². The van der Waals surface area contributed by atoms with Crippen molar-refractivity contribution in [1.29, 1.82) is 0 Å². The van der Waals surface area contributed by atoms with Gasteiger partial charge in [0.1, 0.15) is 23.9 Å². The van der Waals surface area contributed by atoms with Gasteiger partial charge in [0.05, 0.1) is 10.6 Å². The van der Waals surface area contributed by atoms with Gasteiger partial charge in [-0.25, -0.2) is 9.07 Å². The largest absolute Gasteiger partial charge is 0.508 e. The number of phenols is 1. The van der Waals surface area contributed by atoms with Crippen LogP contribution in [0.3, 0.4) is 0 Å². The van der Waals surface area contributed by atoms with Crippen LogP contribution in [0.15, 0.2) is 60.8 Å². The smallest absolute Gasteiger partial charge is 0.250 e. The average molecular weight is 482 g/mol. The van der Waals surface area contributed by atoms with Crippen molar-refractivity contribution < 1.29 is 23.4 Å². The summed E-state index contributed by atoms with van der Waals surface area (Å²) in [4.78, 5) is 14.9. The van der Waals surface area contributed by atoms with Crippen LogP contribution in [0.1, 0.15) is 22.9 Å². The molecule has 34 heavy (non-hydrogen) atoms. The van der Waals surface area contributed by atoms with Crippen molar-refractivity contribution in [1.82, 2.24) is 14.7 Å². The molecule has 1 amide bonds. The second-order valence-corrected chi connectivity index (χ2v) is 9.12. The second kappa shape index (κ2) is 9.00. The Labute approximate surface area is 198 Å². The number of aromatic nitrogens is 2. The van der Waals surface area contributed by atoms with E-state index in [9.17, 15) is 18.7 Å². The number of rotatable bonds is 6. The minimum Gasteiger partial charge on any atom is -0.508 e. The molecule has 2 aromatic carbocycles. The Morgan fingerprint density at radius 3 is 2.65 bits per heavy atom. The van der Waals surface area contributed by atoms with Crippen molar-refractivity contribution in [2.75, 3.05) is 13.2 Å². The summed E-state index contributed by atoms with van der Waals surface area (Å²) in [6.45, 7) is 2.00. The quantitative estimate of drug-likeness (QED) is 0.421. The predicted octanol–water partition coefficient (Wildman–Crippen LogP) is 4.99. The zero-order chi connectivity index (χ0) is 23.8. The summed E-state index contributed by atoms with van der Waals surface area (Å²) >= 11 is 0.956. The molecule has 1 fully saturated rings. The molecule has 6 nitrogen and oxygen atoms in total. The van der Waals surface area contributed by atoms with Crippen molar-refractivity contribution in [3.63, 3.8) is 0 Å². The van der Waals surface area contributed by atoms with Gasteiger partial charge in [0.15, 0.2) is 11.4 Å². The SMILES string of the molecule is Cc1cc(-n2cc([C@H]3OCC(=O)N3CCc3ccc(O)cc3)c(-c3ccc(F)s3)n2)ccc1F. The standard InChI is InChI=1S/C25H21F2N3O3S/c1-15-12-17(4-7-20(15)26)30-13-19(24(28-30)21-8-9-22(27)34-21)25-29(23(32)14-33-25)11-10-16-2-5-18(31)6-3-16/h2-9,12-13,25,31H,10-11,14H2,1H3/t25-/m1/s1. The van der Waals surface area contributed by atoms with Crippen LogP contribution in [-0.2, 0) is 16.0 Å². The maximum atomic E-state index is 13.9. The van der Waals surface area contributed by atoms with Gasteiger partial charge in [0, 0.05) is 18.3 Å². The summed E-state index contributed by atoms with van der Waals surface area (Å²) in [5.74, 6) is -0.294. The van der Waals surface area contributed by atoms with Gasteiger partial charge < -0.3 is 14.7 Å². The third-order valence-corrected chi connectivity index (χ3v) is 6.65. The molecule has 1 saturated heterocycles. The van der Waals surface area contributed by atoms with Gasteiger partial charge in [-0.1, -0.05) is 12.1 Å². The highest BCUT2D eigenvalue weighted by Gasteiger charge is 2.36. The first kappa shape index (κ1) is 22.2. The van der Waals surface area contributed by atoms with Crippen molar-refractivity contribution in [3.8, 4) is 22.0 Å². The van der Waals surface area contributed by atoms with Crippen LogP contribution < -0.4 is 0 Å². The molecule has 0 aliphatic carbocycles. The number of aryl methyl sites for hydroxylation is 1. The normalized spacial score (nSPS) is 15.9. The van der Waals surface area contributed by atoms with E-state index in [1.807, 2.05) is 0 Å². The van der Waals surface area contributed by atoms with E-state index in [0.717, 1.165) is 16.9 Å². The average Bonchev–Trinajstić information content (AvgIpc) is 3.53. The van der Waals surface area contributed by atoms with Gasteiger partial charge in [0.25, 0.3) is 5.91 Å². The predicted molar refractivity (Wildman–Crippen MR) is 124 cm³/mol. The monoisotopic (exact) mass is 481 g/mol. The Bertz CT molecular complexity index is 1350. The van der Waals surface area contributed by atoms with Crippen LogP contribution in [0, 0.1) is 17.9 Å². The summed E-state index contributed by atoms with van der Waals surface area (Å²) in [5, 5.41) is 13.8. The Hall–Kier alpha value is -3.56. The minimum absolute atomic E-state index is 0.0701. The number of carbonyl (C=O) groups is 1. The summed E-state index contributed by atoms with van der Waals surface area (Å²) in [6, 6.07) is 14.5. The van der Waals surface area contributed by atoms with Crippen LogP contribution in [0.2, 0.25) is 0 Å². The summed E-state index contributed by atoms with van der Waals surface area (Å²) in [7, 11) is 0. The first-order valence-corrected chi connectivity index (χ1v) is 11.5. The van der Waals surface area contributed by atoms with Gasteiger partial charge in [-0.15, -0.1) is 11.3 Å². The third kappa shape index (κ3) is 4.32. The van der Waals surface area contributed by atoms with E-state index < -0.39 is 6.23 Å². The number of amides is 1. The van der Waals surface area contributed by atoms with E-state index in [1.54, 1.807) is 65.2 Å². The Kier molecular flexibility index (Phi) is 5.89. The molecule has 1 N–H and O–H groups in total. The molecule has 5 rings (SSSR count). The fourth-order valence-electron chi connectivity index (χ4n) is 3.97. The van der Waals surface area contributed by atoms with Crippen LogP contribution in [0.5, 0.6) is 5.75 Å². The Morgan fingerprint density at radius 2 is 1.94 bits per heavy atom. The molecule has 1 aliphatic heterocycles. The molecule has 1 atom stereocenters. The zero-order valence-electron chi connectivity index (χ0n) is 18.2. The molecule has 174 valence electrons. The molecule has 0 unspecified atom stereocenters. The fourth-order valence-corrected chi connectivity index (χ4v) is 4.71. The van der Waals surface area contributed by atoms with E-state index in [2.05, 4.69) is 5.10 Å². The highest BCUT2D eigenvalue weighted by molar-refractivity contribution is 7.13. The lowest BCUT2D eigenvalue weighted by Crippen LogP contribution is -2.30. The lowest BCUT2D eigenvalue weighted by molar-refractivity contribution is -0.128. The highest BCUT2D eigenvalue weighted by atomic mass is 32.1. The van der Waals surface area contributed by atoms with E-state index in [0.29, 0.717) is 40.4 Å².